The molecule has 2 aromatic rings. The summed E-state index contributed by atoms with van der Waals surface area (Å²) >= 11 is 1.39. The molecule has 0 saturated heterocycles. The van der Waals surface area contributed by atoms with Crippen LogP contribution in [0.2, 0.25) is 0 Å². The van der Waals surface area contributed by atoms with Gasteiger partial charge < -0.3 is 5.11 Å². The van der Waals surface area contributed by atoms with E-state index in [4.69, 9.17) is 5.11 Å². The lowest BCUT2D eigenvalue weighted by atomic mass is 10.2. The second kappa shape index (κ2) is 3.86. The van der Waals surface area contributed by atoms with Crippen LogP contribution in [0.25, 0.3) is 11.3 Å². The number of benzene rings is 1. The predicted molar refractivity (Wildman–Crippen MR) is 53.4 cm³/mol. The zero-order chi connectivity index (χ0) is 9.97. The molecule has 2 rings (SSSR count). The number of aromatic nitrogens is 1. The van der Waals surface area contributed by atoms with Crippen LogP contribution in [0.1, 0.15) is 5.01 Å². The van der Waals surface area contributed by atoms with E-state index in [1.165, 1.54) is 23.5 Å². The van der Waals surface area contributed by atoms with E-state index in [1.54, 1.807) is 12.1 Å². The number of halogens is 1. The SMILES string of the molecule is OCc1nc(-c2ccc(F)cc2)cs1. The van der Waals surface area contributed by atoms with E-state index in [2.05, 4.69) is 4.98 Å². The first kappa shape index (κ1) is 9.30. The maximum atomic E-state index is 12.6. The van der Waals surface area contributed by atoms with Gasteiger partial charge >= 0.3 is 0 Å². The lowest BCUT2D eigenvalue weighted by Crippen LogP contribution is -1.82. The minimum Gasteiger partial charge on any atom is -0.389 e. The van der Waals surface area contributed by atoms with Gasteiger partial charge in [0, 0.05) is 10.9 Å². The molecule has 1 heterocycles. The van der Waals surface area contributed by atoms with Gasteiger partial charge in [-0.2, -0.15) is 0 Å². The Balaban J connectivity index is 2.34. The zero-order valence-corrected chi connectivity index (χ0v) is 8.09. The lowest BCUT2D eigenvalue weighted by Gasteiger charge is -1.94. The first-order valence-electron chi connectivity index (χ1n) is 4.11. The summed E-state index contributed by atoms with van der Waals surface area (Å²) in [6.45, 7) is -0.0497. The number of aliphatic hydroxyl groups is 1. The molecule has 0 saturated carbocycles. The fourth-order valence-corrected chi connectivity index (χ4v) is 1.80. The van der Waals surface area contributed by atoms with E-state index < -0.39 is 0 Å². The van der Waals surface area contributed by atoms with Gasteiger partial charge in [0.1, 0.15) is 10.8 Å². The maximum Gasteiger partial charge on any atom is 0.123 e. The van der Waals surface area contributed by atoms with Crippen molar-refractivity contribution < 1.29 is 9.50 Å². The summed E-state index contributed by atoms with van der Waals surface area (Å²) in [4.78, 5) is 4.17. The Hall–Kier alpha value is -1.26. The fraction of sp³-hybridized carbons (Fsp3) is 0.100. The Labute approximate surface area is 84.7 Å². The standard InChI is InChI=1S/C10H8FNOS/c11-8-3-1-7(2-4-8)9-6-14-10(5-13)12-9/h1-4,6,13H,5H2. The van der Waals surface area contributed by atoms with Crippen LogP contribution in [-0.2, 0) is 6.61 Å². The number of aliphatic hydroxyl groups excluding tert-OH is 1. The quantitative estimate of drug-likeness (QED) is 0.824. The topological polar surface area (TPSA) is 33.1 Å². The third-order valence-electron chi connectivity index (χ3n) is 1.83. The van der Waals surface area contributed by atoms with Crippen LogP contribution >= 0.6 is 11.3 Å². The maximum absolute atomic E-state index is 12.6. The van der Waals surface area contributed by atoms with Crippen LogP contribution in [0.3, 0.4) is 0 Å². The van der Waals surface area contributed by atoms with E-state index in [0.717, 1.165) is 11.3 Å². The second-order valence-corrected chi connectivity index (χ2v) is 3.73. The number of nitrogens with zero attached hydrogens (tertiary/aromatic N) is 1. The lowest BCUT2D eigenvalue weighted by molar-refractivity contribution is 0.281. The molecule has 0 fully saturated rings. The second-order valence-electron chi connectivity index (χ2n) is 2.79. The molecule has 14 heavy (non-hydrogen) atoms. The summed E-state index contributed by atoms with van der Waals surface area (Å²) in [5.41, 5.74) is 1.64. The van der Waals surface area contributed by atoms with Crippen molar-refractivity contribution in [1.29, 1.82) is 0 Å². The van der Waals surface area contributed by atoms with E-state index in [0.29, 0.717) is 5.01 Å². The van der Waals surface area contributed by atoms with Crippen molar-refractivity contribution in [3.8, 4) is 11.3 Å². The van der Waals surface area contributed by atoms with Crippen molar-refractivity contribution in [2.75, 3.05) is 0 Å². The average Bonchev–Trinajstić information content (AvgIpc) is 2.67. The van der Waals surface area contributed by atoms with Gasteiger partial charge in [-0.1, -0.05) is 0 Å². The van der Waals surface area contributed by atoms with Gasteiger partial charge in [0.2, 0.25) is 0 Å². The predicted octanol–water partition coefficient (Wildman–Crippen LogP) is 2.44. The van der Waals surface area contributed by atoms with Crippen molar-refractivity contribution in [1.82, 2.24) is 4.98 Å². The normalized spacial score (nSPS) is 10.4. The third kappa shape index (κ3) is 1.81. The minimum absolute atomic E-state index is 0.0497. The molecular formula is C10H8FNOS. The van der Waals surface area contributed by atoms with Crippen molar-refractivity contribution in [3.63, 3.8) is 0 Å². The Kier molecular flexibility index (Phi) is 2.56. The zero-order valence-electron chi connectivity index (χ0n) is 7.27. The molecule has 4 heteroatoms. The number of hydrogen-bond donors (Lipinski definition) is 1. The molecule has 0 aliphatic carbocycles. The molecule has 1 aromatic heterocycles. The summed E-state index contributed by atoms with van der Waals surface area (Å²) in [7, 11) is 0. The summed E-state index contributed by atoms with van der Waals surface area (Å²) in [6, 6.07) is 6.14. The smallest absolute Gasteiger partial charge is 0.123 e. The summed E-state index contributed by atoms with van der Waals surface area (Å²) < 4.78 is 12.6. The molecule has 1 aromatic carbocycles. The highest BCUT2D eigenvalue weighted by atomic mass is 32.1. The van der Waals surface area contributed by atoms with Crippen LogP contribution < -0.4 is 0 Å². The molecular weight excluding hydrogens is 201 g/mol. The van der Waals surface area contributed by atoms with Gasteiger partial charge in [-0.25, -0.2) is 9.37 Å². The molecule has 2 nitrogen and oxygen atoms in total. The minimum atomic E-state index is -0.258. The summed E-state index contributed by atoms with van der Waals surface area (Å²) in [5.74, 6) is -0.258. The fourth-order valence-electron chi connectivity index (χ4n) is 1.14. The van der Waals surface area contributed by atoms with Crippen LogP contribution in [0.5, 0.6) is 0 Å². The molecule has 0 aliphatic rings. The van der Waals surface area contributed by atoms with Crippen LogP contribution in [-0.4, -0.2) is 10.1 Å². The molecule has 0 bridgehead atoms. The monoisotopic (exact) mass is 209 g/mol. The largest absolute Gasteiger partial charge is 0.389 e. The van der Waals surface area contributed by atoms with Crippen molar-refractivity contribution in [3.05, 3.63) is 40.5 Å². The van der Waals surface area contributed by atoms with Crippen molar-refractivity contribution >= 4 is 11.3 Å². The number of rotatable bonds is 2. The molecule has 0 spiro atoms. The summed E-state index contributed by atoms with van der Waals surface area (Å²) in [6.07, 6.45) is 0. The highest BCUT2D eigenvalue weighted by Gasteiger charge is 2.03. The number of thiazole rings is 1. The molecule has 72 valence electrons. The van der Waals surface area contributed by atoms with Gasteiger partial charge in [-0.05, 0) is 24.3 Å². The van der Waals surface area contributed by atoms with E-state index in [1.807, 2.05) is 5.38 Å². The molecule has 0 radical (unpaired) electrons. The first-order chi connectivity index (χ1) is 6.79. The Morgan fingerprint density at radius 2 is 2.00 bits per heavy atom. The first-order valence-corrected chi connectivity index (χ1v) is 4.99. The van der Waals surface area contributed by atoms with Gasteiger partial charge in [0.15, 0.2) is 0 Å². The van der Waals surface area contributed by atoms with Crippen molar-refractivity contribution in [2.45, 2.75) is 6.61 Å². The summed E-state index contributed by atoms with van der Waals surface area (Å²) in [5, 5.41) is 11.3. The van der Waals surface area contributed by atoms with Crippen LogP contribution in [0.4, 0.5) is 4.39 Å². The van der Waals surface area contributed by atoms with Crippen molar-refractivity contribution in [2.24, 2.45) is 0 Å². The van der Waals surface area contributed by atoms with Gasteiger partial charge in [0.25, 0.3) is 0 Å². The van der Waals surface area contributed by atoms with Crippen LogP contribution in [0.15, 0.2) is 29.6 Å². The van der Waals surface area contributed by atoms with Gasteiger partial charge in [0.05, 0.1) is 12.3 Å². The van der Waals surface area contributed by atoms with Crippen LogP contribution in [0, 0.1) is 5.82 Å². The molecule has 0 amide bonds. The molecule has 0 unspecified atom stereocenters. The highest BCUT2D eigenvalue weighted by Crippen LogP contribution is 2.21. The Bertz CT molecular complexity index is 424. The Morgan fingerprint density at radius 1 is 1.29 bits per heavy atom. The van der Waals surface area contributed by atoms with Gasteiger partial charge in [-0.3, -0.25) is 0 Å². The Morgan fingerprint density at radius 3 is 2.57 bits per heavy atom. The van der Waals surface area contributed by atoms with E-state index in [9.17, 15) is 4.39 Å². The van der Waals surface area contributed by atoms with E-state index in [-0.39, 0.29) is 12.4 Å². The molecule has 0 aliphatic heterocycles. The highest BCUT2D eigenvalue weighted by molar-refractivity contribution is 7.09. The molecule has 1 N–H and O–H groups in total. The van der Waals surface area contributed by atoms with Gasteiger partial charge in [-0.15, -0.1) is 11.3 Å². The van der Waals surface area contributed by atoms with E-state index >= 15 is 0 Å². The molecule has 0 atom stereocenters. The third-order valence-corrected chi connectivity index (χ3v) is 2.66. The average molecular weight is 209 g/mol. The number of hydrogen-bond acceptors (Lipinski definition) is 3.